The van der Waals surface area contributed by atoms with Crippen LogP contribution >= 0.6 is 0 Å². The van der Waals surface area contributed by atoms with Crippen molar-refractivity contribution in [2.24, 2.45) is 7.05 Å². The number of amides is 2. The molecular formula is C18H23N3O. The second-order valence-electron chi connectivity index (χ2n) is 6.70. The van der Waals surface area contributed by atoms with Gasteiger partial charge in [-0.2, -0.15) is 0 Å². The zero-order chi connectivity index (χ0) is 15.1. The van der Waals surface area contributed by atoms with Crippen molar-refractivity contribution in [2.45, 2.75) is 37.6 Å². The lowest BCUT2D eigenvalue weighted by atomic mass is 9.89. The minimum absolute atomic E-state index is 0.138. The van der Waals surface area contributed by atoms with Gasteiger partial charge in [0.1, 0.15) is 0 Å². The molecule has 1 N–H and O–H groups in total. The zero-order valence-electron chi connectivity index (χ0n) is 13.1. The number of likely N-dealkylation sites (tertiary alicyclic amines) is 1. The average molecular weight is 297 g/mol. The lowest BCUT2D eigenvalue weighted by Crippen LogP contribution is -2.44. The first-order chi connectivity index (χ1) is 10.7. The Bertz CT molecular complexity index is 693. The molecule has 2 fully saturated rings. The molecule has 2 aromatic rings. The Morgan fingerprint density at radius 3 is 2.59 bits per heavy atom. The molecule has 4 heteroatoms. The van der Waals surface area contributed by atoms with Crippen molar-refractivity contribution >= 4 is 16.9 Å². The Labute approximate surface area is 131 Å². The van der Waals surface area contributed by atoms with Crippen LogP contribution in [0.3, 0.4) is 0 Å². The molecule has 1 aliphatic carbocycles. The van der Waals surface area contributed by atoms with Crippen LogP contribution in [-0.4, -0.2) is 34.6 Å². The number of nitrogens with one attached hydrogen (secondary N) is 1. The number of aryl methyl sites for hydroxylation is 1. The monoisotopic (exact) mass is 297 g/mol. The molecule has 1 aromatic heterocycles. The van der Waals surface area contributed by atoms with Crippen LogP contribution < -0.4 is 5.32 Å². The predicted molar refractivity (Wildman–Crippen MR) is 88.0 cm³/mol. The smallest absolute Gasteiger partial charge is 0.317 e. The van der Waals surface area contributed by atoms with Crippen LogP contribution in [0, 0.1) is 0 Å². The van der Waals surface area contributed by atoms with Gasteiger partial charge in [0.15, 0.2) is 0 Å². The lowest BCUT2D eigenvalue weighted by molar-refractivity contribution is 0.181. The molecule has 2 heterocycles. The number of benzene rings is 1. The van der Waals surface area contributed by atoms with Crippen LogP contribution in [-0.2, 0) is 7.05 Å². The van der Waals surface area contributed by atoms with Gasteiger partial charge in [0, 0.05) is 43.3 Å². The van der Waals surface area contributed by atoms with E-state index >= 15 is 0 Å². The third-order valence-corrected chi connectivity index (χ3v) is 5.05. The van der Waals surface area contributed by atoms with Gasteiger partial charge in [-0.15, -0.1) is 0 Å². The number of aromatic nitrogens is 1. The summed E-state index contributed by atoms with van der Waals surface area (Å²) in [6.07, 6.45) is 6.70. The Kier molecular flexibility index (Phi) is 3.32. The van der Waals surface area contributed by atoms with Crippen LogP contribution in [0.15, 0.2) is 30.5 Å². The van der Waals surface area contributed by atoms with Crippen molar-refractivity contribution in [3.8, 4) is 0 Å². The average Bonchev–Trinajstić information content (AvgIpc) is 3.30. The lowest BCUT2D eigenvalue weighted by Gasteiger charge is -2.32. The molecule has 1 aliphatic heterocycles. The molecule has 4 rings (SSSR count). The summed E-state index contributed by atoms with van der Waals surface area (Å²) in [7, 11) is 2.12. The Hall–Kier alpha value is -1.97. The van der Waals surface area contributed by atoms with E-state index in [-0.39, 0.29) is 6.03 Å². The van der Waals surface area contributed by atoms with Gasteiger partial charge in [-0.25, -0.2) is 4.79 Å². The van der Waals surface area contributed by atoms with Gasteiger partial charge in [0.25, 0.3) is 0 Å². The number of carbonyl (C=O) groups is 1. The molecular weight excluding hydrogens is 274 g/mol. The second kappa shape index (κ2) is 5.34. The molecule has 2 amide bonds. The summed E-state index contributed by atoms with van der Waals surface area (Å²) in [6.45, 7) is 1.74. The molecule has 1 aromatic carbocycles. The maximum absolute atomic E-state index is 12.1. The van der Waals surface area contributed by atoms with Crippen molar-refractivity contribution in [2.75, 3.05) is 13.1 Å². The molecule has 4 nitrogen and oxygen atoms in total. The summed E-state index contributed by atoms with van der Waals surface area (Å²) < 4.78 is 2.22. The quantitative estimate of drug-likeness (QED) is 0.908. The van der Waals surface area contributed by atoms with Crippen LogP contribution in [0.4, 0.5) is 4.79 Å². The fourth-order valence-electron chi connectivity index (χ4n) is 3.59. The van der Waals surface area contributed by atoms with Crippen molar-refractivity contribution < 1.29 is 4.79 Å². The molecule has 116 valence electrons. The first kappa shape index (κ1) is 13.7. The van der Waals surface area contributed by atoms with Crippen LogP contribution in [0.25, 0.3) is 10.9 Å². The third-order valence-electron chi connectivity index (χ3n) is 5.05. The van der Waals surface area contributed by atoms with Crippen molar-refractivity contribution in [1.29, 1.82) is 0 Å². The third kappa shape index (κ3) is 2.47. The molecule has 22 heavy (non-hydrogen) atoms. The number of hydrogen-bond acceptors (Lipinski definition) is 1. The number of fused-ring (bicyclic) bond motifs is 1. The molecule has 0 atom stereocenters. The van der Waals surface area contributed by atoms with E-state index in [9.17, 15) is 4.79 Å². The van der Waals surface area contributed by atoms with Crippen LogP contribution in [0.1, 0.15) is 37.2 Å². The van der Waals surface area contributed by atoms with E-state index in [0.717, 1.165) is 38.8 Å². The van der Waals surface area contributed by atoms with E-state index in [4.69, 9.17) is 0 Å². The summed E-state index contributed by atoms with van der Waals surface area (Å²) in [5.74, 6) is 0.566. The molecule has 1 saturated carbocycles. The Morgan fingerprint density at radius 2 is 1.86 bits per heavy atom. The van der Waals surface area contributed by atoms with Gasteiger partial charge in [-0.05, 0) is 43.2 Å². The van der Waals surface area contributed by atoms with Gasteiger partial charge in [0.2, 0.25) is 0 Å². The summed E-state index contributed by atoms with van der Waals surface area (Å²) in [5, 5.41) is 4.46. The minimum atomic E-state index is 0.138. The zero-order valence-corrected chi connectivity index (χ0v) is 13.1. The molecule has 0 spiro atoms. The Morgan fingerprint density at radius 1 is 1.14 bits per heavy atom. The highest BCUT2D eigenvalue weighted by Crippen LogP contribution is 2.34. The van der Waals surface area contributed by atoms with E-state index in [1.807, 2.05) is 4.90 Å². The standard InChI is InChI=1S/C18H23N3O/c1-20-12-16(15-4-2-3-5-17(15)20)13-8-10-21(11-9-13)18(22)19-14-6-7-14/h2-5,12-14H,6-11H2,1H3,(H,19,22). The Balaban J connectivity index is 1.47. The summed E-state index contributed by atoms with van der Waals surface area (Å²) >= 11 is 0. The highest BCUT2D eigenvalue weighted by atomic mass is 16.2. The predicted octanol–water partition coefficient (Wildman–Crippen LogP) is 3.23. The van der Waals surface area contributed by atoms with E-state index < -0.39 is 0 Å². The van der Waals surface area contributed by atoms with Crippen molar-refractivity contribution in [1.82, 2.24) is 14.8 Å². The van der Waals surface area contributed by atoms with Crippen molar-refractivity contribution in [3.63, 3.8) is 0 Å². The molecule has 2 aliphatic rings. The molecule has 0 radical (unpaired) electrons. The highest BCUT2D eigenvalue weighted by Gasteiger charge is 2.29. The van der Waals surface area contributed by atoms with Gasteiger partial charge in [-0.1, -0.05) is 18.2 Å². The summed E-state index contributed by atoms with van der Waals surface area (Å²) in [4.78, 5) is 14.1. The van der Waals surface area contributed by atoms with Gasteiger partial charge < -0.3 is 14.8 Å². The van der Waals surface area contributed by atoms with Gasteiger partial charge in [0.05, 0.1) is 0 Å². The summed E-state index contributed by atoms with van der Waals surface area (Å²) in [6, 6.07) is 9.19. The topological polar surface area (TPSA) is 37.3 Å². The number of carbonyl (C=O) groups excluding carboxylic acids is 1. The fraction of sp³-hybridized carbons (Fsp3) is 0.500. The van der Waals surface area contributed by atoms with Gasteiger partial charge in [-0.3, -0.25) is 0 Å². The SMILES string of the molecule is Cn1cc(C2CCN(C(=O)NC3CC3)CC2)c2ccccc21. The number of piperidine rings is 1. The van der Waals surface area contributed by atoms with Gasteiger partial charge >= 0.3 is 6.03 Å². The number of urea groups is 1. The largest absolute Gasteiger partial charge is 0.350 e. The summed E-state index contributed by atoms with van der Waals surface area (Å²) in [5.41, 5.74) is 2.74. The van der Waals surface area contributed by atoms with E-state index in [1.54, 1.807) is 0 Å². The van der Waals surface area contributed by atoms with Crippen LogP contribution in [0.5, 0.6) is 0 Å². The maximum atomic E-state index is 12.1. The minimum Gasteiger partial charge on any atom is -0.350 e. The molecule has 1 saturated heterocycles. The normalized spacial score (nSPS) is 19.6. The second-order valence-corrected chi connectivity index (χ2v) is 6.70. The first-order valence-electron chi connectivity index (χ1n) is 8.32. The number of nitrogens with zero attached hydrogens (tertiary/aromatic N) is 2. The van der Waals surface area contributed by atoms with Crippen LogP contribution in [0.2, 0.25) is 0 Å². The maximum Gasteiger partial charge on any atom is 0.317 e. The first-order valence-corrected chi connectivity index (χ1v) is 8.32. The molecule has 0 bridgehead atoms. The van der Waals surface area contributed by atoms with E-state index in [1.165, 1.54) is 16.5 Å². The fourth-order valence-corrected chi connectivity index (χ4v) is 3.59. The van der Waals surface area contributed by atoms with Crippen molar-refractivity contribution in [3.05, 3.63) is 36.0 Å². The number of rotatable bonds is 2. The van der Waals surface area contributed by atoms with E-state index in [0.29, 0.717) is 12.0 Å². The van der Waals surface area contributed by atoms with E-state index in [2.05, 4.69) is 47.4 Å². The number of hydrogen-bond donors (Lipinski definition) is 1. The number of para-hydroxylation sites is 1. The molecule has 0 unspecified atom stereocenters. The highest BCUT2D eigenvalue weighted by molar-refractivity contribution is 5.84.